The molecule has 0 aromatic rings. The highest BCUT2D eigenvalue weighted by atomic mass is 16.5. The fourth-order valence-corrected chi connectivity index (χ4v) is 1.89. The summed E-state index contributed by atoms with van der Waals surface area (Å²) >= 11 is 0. The van der Waals surface area contributed by atoms with Gasteiger partial charge < -0.3 is 10.1 Å². The van der Waals surface area contributed by atoms with Crippen molar-refractivity contribution >= 4 is 0 Å². The zero-order chi connectivity index (χ0) is 12.3. The van der Waals surface area contributed by atoms with E-state index in [0.29, 0.717) is 5.41 Å². The van der Waals surface area contributed by atoms with Crippen LogP contribution in [0.25, 0.3) is 0 Å². The second kappa shape index (κ2) is 9.86. The van der Waals surface area contributed by atoms with Crippen LogP contribution in [0.5, 0.6) is 0 Å². The van der Waals surface area contributed by atoms with E-state index in [2.05, 4.69) is 25.7 Å². The molecule has 0 aromatic heterocycles. The molecule has 0 aromatic carbocycles. The van der Waals surface area contributed by atoms with Gasteiger partial charge in [-0.2, -0.15) is 0 Å². The van der Waals surface area contributed by atoms with Gasteiger partial charge in [-0.05, 0) is 18.3 Å². The van der Waals surface area contributed by atoms with Crippen LogP contribution in [0, 0.1) is 5.41 Å². The summed E-state index contributed by atoms with van der Waals surface area (Å²) in [6.45, 7) is 10.9. The van der Waals surface area contributed by atoms with Crippen LogP contribution in [-0.2, 0) is 4.74 Å². The minimum atomic E-state index is 0.679. The fourth-order valence-electron chi connectivity index (χ4n) is 1.89. The molecule has 1 rings (SSSR count). The fraction of sp³-hybridized carbons (Fsp3) is 0.857. The minimum Gasteiger partial charge on any atom is -0.383 e. The molecule has 0 amide bonds. The zero-order valence-corrected chi connectivity index (χ0v) is 11.3. The molecule has 0 aliphatic heterocycles. The predicted molar refractivity (Wildman–Crippen MR) is 71.8 cm³/mol. The van der Waals surface area contributed by atoms with E-state index >= 15 is 0 Å². The standard InChI is InChI=1S/C8H16.C6H13NO/c1-8(2)6-4-3-5-7-8;1-3-4-7-5-6-8-2/h3-7H2,1-2H3;3,7H,1,4-6H2,2H3. The van der Waals surface area contributed by atoms with Gasteiger partial charge >= 0.3 is 0 Å². The first kappa shape index (κ1) is 15.7. The first-order valence-electron chi connectivity index (χ1n) is 6.43. The molecule has 1 saturated carbocycles. The maximum Gasteiger partial charge on any atom is 0.0587 e. The summed E-state index contributed by atoms with van der Waals surface area (Å²) in [5.41, 5.74) is 0.679. The third-order valence-corrected chi connectivity index (χ3v) is 2.98. The maximum absolute atomic E-state index is 4.79. The molecular weight excluding hydrogens is 198 g/mol. The Bertz CT molecular complexity index is 158. The third kappa shape index (κ3) is 10.2. The molecule has 1 aliphatic rings. The summed E-state index contributed by atoms with van der Waals surface area (Å²) in [7, 11) is 1.69. The predicted octanol–water partition coefficient (Wildman–Crippen LogP) is 3.39. The summed E-state index contributed by atoms with van der Waals surface area (Å²) in [5.74, 6) is 0. The lowest BCUT2D eigenvalue weighted by atomic mass is 9.78. The lowest BCUT2D eigenvalue weighted by Crippen LogP contribution is -2.18. The van der Waals surface area contributed by atoms with Gasteiger partial charge in [0.1, 0.15) is 0 Å². The number of rotatable bonds is 5. The molecule has 1 N–H and O–H groups in total. The van der Waals surface area contributed by atoms with Gasteiger partial charge in [0.2, 0.25) is 0 Å². The smallest absolute Gasteiger partial charge is 0.0587 e. The first-order chi connectivity index (χ1) is 7.62. The molecule has 16 heavy (non-hydrogen) atoms. The third-order valence-electron chi connectivity index (χ3n) is 2.98. The summed E-state index contributed by atoms with van der Waals surface area (Å²) in [5, 5.41) is 3.09. The highest BCUT2D eigenvalue weighted by molar-refractivity contribution is 4.72. The summed E-state index contributed by atoms with van der Waals surface area (Å²) < 4.78 is 4.79. The van der Waals surface area contributed by atoms with E-state index in [4.69, 9.17) is 4.74 Å². The van der Waals surface area contributed by atoms with Crippen LogP contribution < -0.4 is 5.32 Å². The molecule has 96 valence electrons. The molecule has 0 spiro atoms. The van der Waals surface area contributed by atoms with E-state index in [9.17, 15) is 0 Å². The van der Waals surface area contributed by atoms with Gasteiger partial charge in [-0.1, -0.05) is 39.2 Å². The number of ether oxygens (including phenoxy) is 1. The average Bonchev–Trinajstić information content (AvgIpc) is 2.25. The van der Waals surface area contributed by atoms with Crippen molar-refractivity contribution in [2.45, 2.75) is 46.0 Å². The van der Waals surface area contributed by atoms with Gasteiger partial charge in [0.25, 0.3) is 0 Å². The second-order valence-corrected chi connectivity index (χ2v) is 5.21. The molecule has 0 bridgehead atoms. The van der Waals surface area contributed by atoms with Gasteiger partial charge in [-0.15, -0.1) is 6.58 Å². The van der Waals surface area contributed by atoms with Gasteiger partial charge in [-0.3, -0.25) is 0 Å². The Balaban J connectivity index is 0.000000281. The average molecular weight is 227 g/mol. The van der Waals surface area contributed by atoms with Gasteiger partial charge in [0.15, 0.2) is 0 Å². The Morgan fingerprint density at radius 3 is 2.25 bits per heavy atom. The monoisotopic (exact) mass is 227 g/mol. The van der Waals surface area contributed by atoms with Crippen LogP contribution in [0.4, 0.5) is 0 Å². The minimum absolute atomic E-state index is 0.679. The molecule has 0 radical (unpaired) electrons. The van der Waals surface area contributed by atoms with Gasteiger partial charge in [0.05, 0.1) is 6.61 Å². The van der Waals surface area contributed by atoms with E-state index in [1.54, 1.807) is 7.11 Å². The normalized spacial score (nSPS) is 18.4. The van der Waals surface area contributed by atoms with Crippen LogP contribution in [0.1, 0.15) is 46.0 Å². The van der Waals surface area contributed by atoms with Crippen molar-refractivity contribution in [2.24, 2.45) is 5.41 Å². The molecule has 0 atom stereocenters. The number of nitrogens with one attached hydrogen (secondary N) is 1. The number of hydrogen-bond donors (Lipinski definition) is 1. The van der Waals surface area contributed by atoms with E-state index in [0.717, 1.165) is 19.7 Å². The Morgan fingerprint density at radius 2 is 1.88 bits per heavy atom. The van der Waals surface area contributed by atoms with Gasteiger partial charge in [0, 0.05) is 20.2 Å². The largest absolute Gasteiger partial charge is 0.383 e. The van der Waals surface area contributed by atoms with Crippen molar-refractivity contribution in [3.63, 3.8) is 0 Å². The molecule has 0 saturated heterocycles. The van der Waals surface area contributed by atoms with E-state index in [1.165, 1.54) is 32.1 Å². The lowest BCUT2D eigenvalue weighted by molar-refractivity contribution is 0.200. The molecular formula is C14H29NO. The molecule has 0 heterocycles. The van der Waals surface area contributed by atoms with Crippen molar-refractivity contribution in [3.05, 3.63) is 12.7 Å². The van der Waals surface area contributed by atoms with Crippen molar-refractivity contribution in [3.8, 4) is 0 Å². The maximum atomic E-state index is 4.79. The van der Waals surface area contributed by atoms with Crippen LogP contribution in [-0.4, -0.2) is 26.8 Å². The molecule has 1 aliphatic carbocycles. The SMILES string of the molecule is C=CCNCCOC.CC1(C)CCCCC1. The molecule has 0 unspecified atom stereocenters. The van der Waals surface area contributed by atoms with E-state index in [1.807, 2.05) is 6.08 Å². The Morgan fingerprint density at radius 1 is 1.25 bits per heavy atom. The number of hydrogen-bond acceptors (Lipinski definition) is 2. The quantitative estimate of drug-likeness (QED) is 0.574. The van der Waals surface area contributed by atoms with Gasteiger partial charge in [-0.25, -0.2) is 0 Å². The topological polar surface area (TPSA) is 21.3 Å². The molecule has 2 heteroatoms. The van der Waals surface area contributed by atoms with Crippen molar-refractivity contribution in [2.75, 3.05) is 26.8 Å². The lowest BCUT2D eigenvalue weighted by Gasteiger charge is -2.28. The number of methoxy groups -OCH3 is 1. The van der Waals surface area contributed by atoms with Crippen molar-refractivity contribution < 1.29 is 4.74 Å². The van der Waals surface area contributed by atoms with Crippen LogP contribution in [0.15, 0.2) is 12.7 Å². The van der Waals surface area contributed by atoms with E-state index < -0.39 is 0 Å². The first-order valence-corrected chi connectivity index (χ1v) is 6.43. The highest BCUT2D eigenvalue weighted by Gasteiger charge is 2.19. The summed E-state index contributed by atoms with van der Waals surface area (Å²) in [6, 6.07) is 0. The van der Waals surface area contributed by atoms with Crippen LogP contribution >= 0.6 is 0 Å². The highest BCUT2D eigenvalue weighted by Crippen LogP contribution is 2.34. The van der Waals surface area contributed by atoms with Crippen LogP contribution in [0.3, 0.4) is 0 Å². The van der Waals surface area contributed by atoms with Crippen molar-refractivity contribution in [1.29, 1.82) is 0 Å². The Kier molecular flexibility index (Phi) is 9.65. The Labute approximate surface area is 101 Å². The molecule has 2 nitrogen and oxygen atoms in total. The van der Waals surface area contributed by atoms with Crippen molar-refractivity contribution in [1.82, 2.24) is 5.32 Å². The molecule has 1 fully saturated rings. The van der Waals surface area contributed by atoms with E-state index in [-0.39, 0.29) is 0 Å². The zero-order valence-electron chi connectivity index (χ0n) is 11.3. The Hall–Kier alpha value is -0.340. The summed E-state index contributed by atoms with van der Waals surface area (Å²) in [6.07, 6.45) is 9.14. The van der Waals surface area contributed by atoms with Crippen LogP contribution in [0.2, 0.25) is 0 Å². The second-order valence-electron chi connectivity index (χ2n) is 5.21. The summed E-state index contributed by atoms with van der Waals surface area (Å²) in [4.78, 5) is 0.